The Balaban J connectivity index is 1.68. The summed E-state index contributed by atoms with van der Waals surface area (Å²) < 4.78 is -1.01. The van der Waals surface area contributed by atoms with Crippen LogP contribution in [-0.2, 0) is 9.59 Å². The van der Waals surface area contributed by atoms with Crippen molar-refractivity contribution in [3.05, 3.63) is 0 Å². The second kappa shape index (κ2) is 3.59. The largest absolute Gasteiger partial charge is 0.361 e. The van der Waals surface area contributed by atoms with Crippen LogP contribution in [0.4, 0.5) is 0 Å². The van der Waals surface area contributed by atoms with Crippen LogP contribution in [0.2, 0.25) is 0 Å². The Morgan fingerprint density at radius 1 is 1.50 bits per heavy atom. The van der Waals surface area contributed by atoms with E-state index in [2.05, 4.69) is 17.2 Å². The normalized spacial score (nSPS) is 45.7. The number of hydrogen-bond donors (Lipinski definition) is 1. The third-order valence-corrected chi connectivity index (χ3v) is 6.43. The third-order valence-electron chi connectivity index (χ3n) is 5.16. The molecular formula is C13H18N2O2S. The highest BCUT2D eigenvalue weighted by molar-refractivity contribution is 8.16. The average molecular weight is 266 g/mol. The Hall–Kier alpha value is -0.840. The van der Waals surface area contributed by atoms with E-state index in [1.165, 1.54) is 37.9 Å². The number of amides is 1. The number of hydrogen-bond acceptors (Lipinski definition) is 4. The summed E-state index contributed by atoms with van der Waals surface area (Å²) in [5, 5.41) is 4.00. The molecule has 0 bridgehead atoms. The Morgan fingerprint density at radius 2 is 2.22 bits per heavy atom. The number of nitrogens with zero attached hydrogens (tertiary/aromatic N) is 1. The van der Waals surface area contributed by atoms with E-state index < -0.39 is 4.75 Å². The maximum absolute atomic E-state index is 11.8. The standard InChI is InChI=1S/C13H18N2O2S/c1-7(16)13(3)10(17)15-11(18-13)14-9-6-8-4-5-12(8,9)2/h8-9H,4-6H2,1-3H3,(H,14,15,17)/t8-,9-,12?,13+/m0/s1. The van der Waals surface area contributed by atoms with Gasteiger partial charge in [-0.25, -0.2) is 0 Å². The molecule has 3 aliphatic rings. The zero-order valence-electron chi connectivity index (χ0n) is 10.9. The van der Waals surface area contributed by atoms with Gasteiger partial charge in [0.25, 0.3) is 5.91 Å². The van der Waals surface area contributed by atoms with Gasteiger partial charge in [0.2, 0.25) is 0 Å². The molecule has 2 fully saturated rings. The van der Waals surface area contributed by atoms with Gasteiger partial charge in [0.05, 0.1) is 0 Å². The quantitative estimate of drug-likeness (QED) is 0.773. The molecule has 1 heterocycles. The number of ketones is 1. The Kier molecular flexibility index (Phi) is 2.44. The molecule has 0 aromatic carbocycles. The van der Waals surface area contributed by atoms with Crippen molar-refractivity contribution in [3.8, 4) is 0 Å². The second-order valence-electron chi connectivity index (χ2n) is 6.09. The van der Waals surface area contributed by atoms with Gasteiger partial charge in [-0.1, -0.05) is 18.7 Å². The molecule has 98 valence electrons. The van der Waals surface area contributed by atoms with Gasteiger partial charge in [-0.3, -0.25) is 9.59 Å². The number of nitrogens with one attached hydrogen (secondary N) is 1. The van der Waals surface area contributed by atoms with E-state index >= 15 is 0 Å². The molecule has 3 rings (SSSR count). The summed E-state index contributed by atoms with van der Waals surface area (Å²) in [7, 11) is 0. The maximum atomic E-state index is 11.8. The van der Waals surface area contributed by atoms with E-state index in [0.717, 1.165) is 5.92 Å². The SMILES string of the molecule is CC(=O)[C@@]1(C)SC(N[C@H]2C[C@@H]3CCC32C)=NC1=O. The predicted octanol–water partition coefficient (Wildman–Crippen LogP) is 1.74. The Morgan fingerprint density at radius 3 is 2.61 bits per heavy atom. The number of aliphatic imine (C=N–C) groups is 1. The number of Topliss-reactive ketones (excluding diaryl/α,β-unsaturated/α-hetero) is 1. The highest BCUT2D eigenvalue weighted by Gasteiger charge is 2.58. The molecule has 5 heteroatoms. The highest BCUT2D eigenvalue weighted by atomic mass is 32.2. The Bertz CT molecular complexity index is 476. The third kappa shape index (κ3) is 1.43. The van der Waals surface area contributed by atoms with E-state index in [1.54, 1.807) is 6.92 Å². The van der Waals surface area contributed by atoms with Crippen molar-refractivity contribution in [1.29, 1.82) is 0 Å². The number of rotatable bonds is 2. The molecule has 2 saturated carbocycles. The number of thioether (sulfide) groups is 1. The zero-order chi connectivity index (χ0) is 13.1. The van der Waals surface area contributed by atoms with E-state index in [0.29, 0.717) is 16.6 Å². The Labute approximate surface area is 111 Å². The molecule has 0 spiro atoms. The second-order valence-corrected chi connectivity index (χ2v) is 7.49. The monoisotopic (exact) mass is 266 g/mol. The smallest absolute Gasteiger partial charge is 0.272 e. The first-order valence-corrected chi connectivity index (χ1v) is 7.27. The lowest BCUT2D eigenvalue weighted by molar-refractivity contribution is -0.127. The average Bonchev–Trinajstić information content (AvgIpc) is 2.59. The minimum Gasteiger partial charge on any atom is -0.361 e. The number of fused-ring (bicyclic) bond motifs is 1. The molecule has 1 aliphatic heterocycles. The van der Waals surface area contributed by atoms with Crippen molar-refractivity contribution >= 4 is 28.6 Å². The first-order valence-electron chi connectivity index (χ1n) is 6.46. The molecule has 0 radical (unpaired) electrons. The van der Waals surface area contributed by atoms with Crippen LogP contribution in [0.5, 0.6) is 0 Å². The predicted molar refractivity (Wildman–Crippen MR) is 71.5 cm³/mol. The van der Waals surface area contributed by atoms with Crippen LogP contribution >= 0.6 is 11.8 Å². The van der Waals surface area contributed by atoms with Gasteiger partial charge in [0.15, 0.2) is 15.7 Å². The van der Waals surface area contributed by atoms with E-state index in [9.17, 15) is 9.59 Å². The van der Waals surface area contributed by atoms with Gasteiger partial charge in [0.1, 0.15) is 0 Å². The summed E-state index contributed by atoms with van der Waals surface area (Å²) in [5.74, 6) is 0.397. The van der Waals surface area contributed by atoms with Crippen molar-refractivity contribution in [3.63, 3.8) is 0 Å². The van der Waals surface area contributed by atoms with Crippen LogP contribution in [0.3, 0.4) is 0 Å². The molecule has 18 heavy (non-hydrogen) atoms. The minimum atomic E-state index is -1.01. The van der Waals surface area contributed by atoms with Crippen molar-refractivity contribution in [2.75, 3.05) is 0 Å². The summed E-state index contributed by atoms with van der Waals surface area (Å²) in [5.41, 5.74) is 0.390. The molecule has 2 aliphatic carbocycles. The topological polar surface area (TPSA) is 58.5 Å². The molecule has 0 saturated heterocycles. The minimum absolute atomic E-state index is 0.126. The van der Waals surface area contributed by atoms with Gasteiger partial charge in [-0.05, 0) is 44.4 Å². The fourth-order valence-electron chi connectivity index (χ4n) is 3.16. The molecular weight excluding hydrogens is 248 g/mol. The summed E-state index contributed by atoms with van der Waals surface area (Å²) in [6.07, 6.45) is 3.75. The molecule has 1 amide bonds. The van der Waals surface area contributed by atoms with Gasteiger partial charge < -0.3 is 5.32 Å². The van der Waals surface area contributed by atoms with Gasteiger partial charge in [-0.15, -0.1) is 0 Å². The van der Waals surface area contributed by atoms with Crippen LogP contribution in [0.15, 0.2) is 4.99 Å². The maximum Gasteiger partial charge on any atom is 0.272 e. The lowest BCUT2D eigenvalue weighted by Gasteiger charge is -2.62. The molecule has 1 N–H and O–H groups in total. The van der Waals surface area contributed by atoms with Crippen molar-refractivity contribution in [2.45, 2.75) is 50.8 Å². The van der Waals surface area contributed by atoms with Crippen LogP contribution in [0, 0.1) is 11.3 Å². The number of amidine groups is 1. The molecule has 0 aromatic heterocycles. The summed E-state index contributed by atoms with van der Waals surface area (Å²) in [6.45, 7) is 5.42. The van der Waals surface area contributed by atoms with E-state index in [-0.39, 0.29) is 11.7 Å². The first-order chi connectivity index (χ1) is 8.36. The van der Waals surface area contributed by atoms with Crippen LogP contribution < -0.4 is 5.32 Å². The number of carbonyl (C=O) groups is 2. The fourth-order valence-corrected chi connectivity index (χ4v) is 4.15. The summed E-state index contributed by atoms with van der Waals surface area (Å²) in [6, 6.07) is 0.421. The molecule has 4 atom stereocenters. The van der Waals surface area contributed by atoms with Crippen molar-refractivity contribution < 1.29 is 9.59 Å². The van der Waals surface area contributed by atoms with Gasteiger partial charge >= 0.3 is 0 Å². The van der Waals surface area contributed by atoms with E-state index in [4.69, 9.17) is 0 Å². The molecule has 1 unspecified atom stereocenters. The van der Waals surface area contributed by atoms with Crippen molar-refractivity contribution in [2.24, 2.45) is 16.3 Å². The lowest BCUT2D eigenvalue weighted by Crippen LogP contribution is -2.64. The van der Waals surface area contributed by atoms with Crippen LogP contribution in [0.25, 0.3) is 0 Å². The summed E-state index contributed by atoms with van der Waals surface area (Å²) >= 11 is 1.27. The fraction of sp³-hybridized carbons (Fsp3) is 0.769. The molecule has 4 nitrogen and oxygen atoms in total. The first kappa shape index (κ1) is 12.2. The number of carbonyl (C=O) groups excluding carboxylic acids is 2. The van der Waals surface area contributed by atoms with Gasteiger partial charge in [-0.2, -0.15) is 4.99 Å². The highest BCUT2D eigenvalue weighted by Crippen LogP contribution is 2.60. The van der Waals surface area contributed by atoms with E-state index in [1.807, 2.05) is 0 Å². The summed E-state index contributed by atoms with van der Waals surface area (Å²) in [4.78, 5) is 27.4. The molecule has 0 aromatic rings. The zero-order valence-corrected chi connectivity index (χ0v) is 11.8. The lowest BCUT2D eigenvalue weighted by atomic mass is 9.46. The van der Waals surface area contributed by atoms with Gasteiger partial charge in [0, 0.05) is 6.04 Å². The van der Waals surface area contributed by atoms with Crippen molar-refractivity contribution in [1.82, 2.24) is 5.32 Å². The van der Waals surface area contributed by atoms with Crippen LogP contribution in [0.1, 0.15) is 40.0 Å². The van der Waals surface area contributed by atoms with Crippen LogP contribution in [-0.4, -0.2) is 27.6 Å².